The largest absolute Gasteiger partial charge is 0.475 e. The summed E-state index contributed by atoms with van der Waals surface area (Å²) in [5.41, 5.74) is -0.122. The molecular weight excluding hydrogens is 260 g/mol. The van der Waals surface area contributed by atoms with Crippen LogP contribution in [0.1, 0.15) is 10.4 Å². The second kappa shape index (κ2) is 4.02. The van der Waals surface area contributed by atoms with Gasteiger partial charge in [-0.25, -0.2) is 13.2 Å². The summed E-state index contributed by atoms with van der Waals surface area (Å²) >= 11 is 0. The Morgan fingerprint density at radius 2 is 1.83 bits per heavy atom. The molecule has 18 heavy (non-hydrogen) atoms. The van der Waals surface area contributed by atoms with Crippen LogP contribution in [0.25, 0.3) is 0 Å². The van der Waals surface area contributed by atoms with E-state index >= 15 is 0 Å². The van der Waals surface area contributed by atoms with Crippen molar-refractivity contribution < 1.29 is 27.9 Å². The minimum atomic E-state index is -3.81. The highest BCUT2D eigenvalue weighted by atomic mass is 32.2. The van der Waals surface area contributed by atoms with E-state index in [0.717, 1.165) is 0 Å². The Hall–Kier alpha value is -2.02. The van der Waals surface area contributed by atoms with Crippen molar-refractivity contribution in [3.8, 4) is 0 Å². The highest BCUT2D eigenvalue weighted by molar-refractivity contribution is 7.91. The van der Waals surface area contributed by atoms with Crippen LogP contribution >= 0.6 is 0 Å². The lowest BCUT2D eigenvalue weighted by Gasteiger charge is -2.20. The molecule has 0 saturated heterocycles. The molecule has 0 fully saturated rings. The van der Waals surface area contributed by atoms with E-state index in [1.807, 2.05) is 0 Å². The lowest BCUT2D eigenvalue weighted by atomic mass is 9.95. The maximum absolute atomic E-state index is 11.9. The highest BCUT2D eigenvalue weighted by Gasteiger charge is 2.42. The van der Waals surface area contributed by atoms with Crippen molar-refractivity contribution in [3.63, 3.8) is 0 Å². The average Bonchev–Trinajstić information content (AvgIpc) is 2.33. The lowest BCUT2D eigenvalue weighted by Crippen LogP contribution is -2.39. The number of fused-ring (bicyclic) bond motifs is 1. The second-order valence-corrected chi connectivity index (χ2v) is 5.87. The van der Waals surface area contributed by atoms with Gasteiger partial charge in [0.05, 0.1) is 10.6 Å². The summed E-state index contributed by atoms with van der Waals surface area (Å²) in [5.74, 6) is -6.38. The predicted molar refractivity (Wildman–Crippen MR) is 59.0 cm³/mol. The second-order valence-electron chi connectivity index (χ2n) is 3.86. The fourth-order valence-electron chi connectivity index (χ4n) is 1.86. The molecule has 1 aliphatic heterocycles. The van der Waals surface area contributed by atoms with Crippen molar-refractivity contribution in [1.82, 2.24) is 0 Å². The molecule has 0 saturated carbocycles. The molecule has 0 aromatic heterocycles. The van der Waals surface area contributed by atoms with Gasteiger partial charge in [0.2, 0.25) is 0 Å². The number of rotatable bonds is 2. The van der Waals surface area contributed by atoms with Crippen LogP contribution in [0.15, 0.2) is 29.2 Å². The van der Waals surface area contributed by atoms with Gasteiger partial charge in [-0.2, -0.15) is 0 Å². The molecule has 1 aromatic carbocycles. The first-order valence-electron chi connectivity index (χ1n) is 4.98. The third kappa shape index (κ3) is 1.82. The van der Waals surface area contributed by atoms with E-state index in [1.165, 1.54) is 24.3 Å². The van der Waals surface area contributed by atoms with E-state index in [-0.39, 0.29) is 10.5 Å². The first kappa shape index (κ1) is 12.4. The van der Waals surface area contributed by atoms with Crippen molar-refractivity contribution >= 4 is 27.4 Å². The molecule has 0 radical (unpaired) electrons. The summed E-state index contributed by atoms with van der Waals surface area (Å²) in [6.07, 6.45) is 0. The van der Waals surface area contributed by atoms with Gasteiger partial charge in [-0.3, -0.25) is 9.59 Å². The molecule has 6 nitrogen and oxygen atoms in total. The van der Waals surface area contributed by atoms with E-state index < -0.39 is 39.0 Å². The Kier molecular flexibility index (Phi) is 2.78. The summed E-state index contributed by atoms with van der Waals surface area (Å²) in [4.78, 5) is 33.6. The zero-order valence-electron chi connectivity index (χ0n) is 8.99. The van der Waals surface area contributed by atoms with E-state index in [0.29, 0.717) is 0 Å². The monoisotopic (exact) mass is 268 g/mol. The van der Waals surface area contributed by atoms with Crippen molar-refractivity contribution in [2.75, 3.05) is 5.75 Å². The number of carbonyl (C=O) groups is 3. The summed E-state index contributed by atoms with van der Waals surface area (Å²) in [6.45, 7) is 0. The number of carboxylic acid groups (broad SMARTS) is 1. The molecule has 1 aromatic rings. The van der Waals surface area contributed by atoms with Gasteiger partial charge in [0.25, 0.3) is 5.78 Å². The Morgan fingerprint density at radius 1 is 1.22 bits per heavy atom. The van der Waals surface area contributed by atoms with Crippen molar-refractivity contribution in [1.29, 1.82) is 0 Å². The van der Waals surface area contributed by atoms with Crippen LogP contribution in [-0.4, -0.2) is 36.8 Å². The van der Waals surface area contributed by atoms with Crippen molar-refractivity contribution in [2.45, 2.75) is 4.90 Å². The summed E-state index contributed by atoms with van der Waals surface area (Å²) < 4.78 is 23.7. The summed E-state index contributed by atoms with van der Waals surface area (Å²) in [6, 6.07) is 5.46. The van der Waals surface area contributed by atoms with Crippen LogP contribution in [0.4, 0.5) is 0 Å². The number of benzene rings is 1. The lowest BCUT2D eigenvalue weighted by molar-refractivity contribution is -0.150. The van der Waals surface area contributed by atoms with Crippen LogP contribution < -0.4 is 0 Å². The van der Waals surface area contributed by atoms with E-state index in [1.54, 1.807) is 0 Å². The van der Waals surface area contributed by atoms with Crippen molar-refractivity contribution in [2.24, 2.45) is 5.92 Å². The van der Waals surface area contributed by atoms with Gasteiger partial charge >= 0.3 is 5.97 Å². The Balaban J connectivity index is 2.60. The van der Waals surface area contributed by atoms with Crippen LogP contribution in [-0.2, 0) is 19.4 Å². The van der Waals surface area contributed by atoms with Gasteiger partial charge in [-0.15, -0.1) is 0 Å². The van der Waals surface area contributed by atoms with Crippen LogP contribution in [0.2, 0.25) is 0 Å². The van der Waals surface area contributed by atoms with Crippen LogP contribution in [0.5, 0.6) is 0 Å². The Morgan fingerprint density at radius 3 is 2.44 bits per heavy atom. The standard InChI is InChI=1S/C11H8O6S/c12-9-6-3-1-2-4-8(6)18(16,17)5-7(9)10(13)11(14)15/h1-4,7H,5H2,(H,14,15). The summed E-state index contributed by atoms with van der Waals surface area (Å²) in [7, 11) is -3.81. The number of sulfone groups is 1. The van der Waals surface area contributed by atoms with E-state index in [4.69, 9.17) is 5.11 Å². The topological polar surface area (TPSA) is 106 Å². The van der Waals surface area contributed by atoms with Crippen molar-refractivity contribution in [3.05, 3.63) is 29.8 Å². The number of Topliss-reactive ketones (excluding diaryl/α,β-unsaturated/α-hetero) is 2. The van der Waals surface area contributed by atoms with Gasteiger partial charge < -0.3 is 5.11 Å². The molecule has 0 bridgehead atoms. The van der Waals surface area contributed by atoms with Gasteiger partial charge in [0.15, 0.2) is 15.6 Å². The molecule has 1 N–H and O–H groups in total. The van der Waals surface area contributed by atoms with Gasteiger partial charge in [0, 0.05) is 5.56 Å². The normalized spacial score (nSPS) is 21.1. The molecule has 0 aliphatic carbocycles. The zero-order valence-corrected chi connectivity index (χ0v) is 9.81. The number of carbonyl (C=O) groups excluding carboxylic acids is 2. The third-order valence-corrected chi connectivity index (χ3v) is 4.52. The quantitative estimate of drug-likeness (QED) is 0.594. The number of hydrogen-bond donors (Lipinski definition) is 1. The maximum Gasteiger partial charge on any atom is 0.372 e. The first-order chi connectivity index (χ1) is 8.34. The third-order valence-electron chi connectivity index (χ3n) is 2.72. The number of aliphatic carboxylic acids is 1. The predicted octanol–water partition coefficient (Wildman–Crippen LogP) is -0.0735. The van der Waals surface area contributed by atoms with E-state index in [2.05, 4.69) is 0 Å². The van der Waals surface area contributed by atoms with E-state index in [9.17, 15) is 22.8 Å². The molecule has 0 spiro atoms. The minimum absolute atomic E-state index is 0.122. The fraction of sp³-hybridized carbons (Fsp3) is 0.182. The minimum Gasteiger partial charge on any atom is -0.475 e. The molecule has 1 atom stereocenters. The smallest absolute Gasteiger partial charge is 0.372 e. The summed E-state index contributed by atoms with van der Waals surface area (Å²) in [5, 5.41) is 8.57. The first-order valence-corrected chi connectivity index (χ1v) is 6.63. The fourth-order valence-corrected chi connectivity index (χ4v) is 3.57. The van der Waals surface area contributed by atoms with Crippen LogP contribution in [0.3, 0.4) is 0 Å². The molecule has 1 aliphatic rings. The Bertz CT molecular complexity index is 658. The molecule has 7 heteroatoms. The Labute approximate surface area is 102 Å². The number of carboxylic acids is 1. The average molecular weight is 268 g/mol. The zero-order chi connectivity index (χ0) is 13.5. The molecule has 1 unspecified atom stereocenters. The number of ketones is 2. The molecule has 2 rings (SSSR count). The highest BCUT2D eigenvalue weighted by Crippen LogP contribution is 2.28. The molecule has 1 heterocycles. The van der Waals surface area contributed by atoms with Gasteiger partial charge in [0.1, 0.15) is 5.92 Å². The van der Waals surface area contributed by atoms with Crippen LogP contribution in [0, 0.1) is 5.92 Å². The maximum atomic E-state index is 11.9. The SMILES string of the molecule is O=C(O)C(=O)C1CS(=O)(=O)c2ccccc2C1=O. The molecule has 0 amide bonds. The number of hydrogen-bond acceptors (Lipinski definition) is 5. The molecular formula is C11H8O6S. The van der Waals surface area contributed by atoms with Gasteiger partial charge in [-0.05, 0) is 6.07 Å². The molecule has 94 valence electrons. The van der Waals surface area contributed by atoms with Gasteiger partial charge in [-0.1, -0.05) is 18.2 Å².